The Balaban J connectivity index is 2.53. The van der Waals surface area contributed by atoms with E-state index in [0.717, 1.165) is 25.3 Å². The summed E-state index contributed by atoms with van der Waals surface area (Å²) in [6, 6.07) is 8.46. The van der Waals surface area contributed by atoms with Gasteiger partial charge in [-0.2, -0.15) is 11.8 Å². The van der Waals surface area contributed by atoms with Crippen LogP contribution in [-0.2, 0) is 6.42 Å². The first-order chi connectivity index (χ1) is 9.65. The predicted octanol–water partition coefficient (Wildman–Crippen LogP) is 3.85. The summed E-state index contributed by atoms with van der Waals surface area (Å²) in [4.78, 5) is 0. The highest BCUT2D eigenvalue weighted by Crippen LogP contribution is 2.18. The Bertz CT molecular complexity index is 368. The van der Waals surface area contributed by atoms with Crippen LogP contribution in [-0.4, -0.2) is 32.2 Å². The lowest BCUT2D eigenvalue weighted by atomic mass is 9.96. The maximum absolute atomic E-state index is 5.31. The molecule has 114 valence electrons. The molecule has 0 fully saturated rings. The van der Waals surface area contributed by atoms with Crippen LogP contribution in [0.4, 0.5) is 0 Å². The molecule has 0 spiro atoms. The predicted molar refractivity (Wildman–Crippen MR) is 90.9 cm³/mol. The molecule has 2 nitrogen and oxygen atoms in total. The summed E-state index contributed by atoms with van der Waals surface area (Å²) in [6.07, 6.45) is 4.58. The van der Waals surface area contributed by atoms with Gasteiger partial charge in [0.1, 0.15) is 5.75 Å². The second kappa shape index (κ2) is 10.1. The van der Waals surface area contributed by atoms with Crippen LogP contribution >= 0.6 is 11.8 Å². The summed E-state index contributed by atoms with van der Waals surface area (Å²) in [5.41, 5.74) is 1.38. The number of nitrogens with one attached hydrogen (secondary N) is 1. The second-order valence-electron chi connectivity index (χ2n) is 5.76. The van der Waals surface area contributed by atoms with Gasteiger partial charge in [0.05, 0.1) is 7.11 Å². The minimum Gasteiger partial charge on any atom is -0.497 e. The van der Waals surface area contributed by atoms with Gasteiger partial charge in [0.2, 0.25) is 0 Å². The third-order valence-corrected chi connectivity index (χ3v) is 4.02. The van der Waals surface area contributed by atoms with Crippen molar-refractivity contribution in [2.75, 3.05) is 32.2 Å². The van der Waals surface area contributed by atoms with Crippen molar-refractivity contribution in [3.8, 4) is 5.75 Å². The van der Waals surface area contributed by atoms with E-state index in [1.807, 2.05) is 17.8 Å². The fourth-order valence-electron chi connectivity index (χ4n) is 2.27. The lowest BCUT2D eigenvalue weighted by molar-refractivity contribution is 0.412. The van der Waals surface area contributed by atoms with Crippen LogP contribution in [0.5, 0.6) is 5.75 Å². The van der Waals surface area contributed by atoms with E-state index in [0.29, 0.717) is 11.8 Å². The topological polar surface area (TPSA) is 21.3 Å². The van der Waals surface area contributed by atoms with Gasteiger partial charge in [-0.15, -0.1) is 0 Å². The number of benzene rings is 1. The Hall–Kier alpha value is -0.670. The van der Waals surface area contributed by atoms with Crippen molar-refractivity contribution < 1.29 is 4.74 Å². The number of ether oxygens (including phenoxy) is 1. The van der Waals surface area contributed by atoms with Crippen molar-refractivity contribution in [3.63, 3.8) is 0 Å². The Morgan fingerprint density at radius 1 is 1.25 bits per heavy atom. The van der Waals surface area contributed by atoms with E-state index in [1.165, 1.54) is 17.7 Å². The standard InChI is InChI=1S/C17H29NOS/c1-14(2)12-18-13-16(8-9-20-4)10-15-6-5-7-17(11-15)19-3/h5-7,11,14,16,18H,8-10,12-13H2,1-4H3. The molecule has 0 heterocycles. The average Bonchev–Trinajstić information content (AvgIpc) is 2.44. The van der Waals surface area contributed by atoms with Gasteiger partial charge in [-0.1, -0.05) is 26.0 Å². The van der Waals surface area contributed by atoms with E-state index < -0.39 is 0 Å². The smallest absolute Gasteiger partial charge is 0.119 e. The Morgan fingerprint density at radius 3 is 2.70 bits per heavy atom. The SMILES string of the molecule is COc1cccc(CC(CCSC)CNCC(C)C)c1. The molecule has 0 aliphatic carbocycles. The quantitative estimate of drug-likeness (QED) is 0.708. The highest BCUT2D eigenvalue weighted by Gasteiger charge is 2.10. The zero-order chi connectivity index (χ0) is 14.8. The monoisotopic (exact) mass is 295 g/mol. The number of thioether (sulfide) groups is 1. The largest absolute Gasteiger partial charge is 0.497 e. The van der Waals surface area contributed by atoms with Crippen molar-refractivity contribution in [3.05, 3.63) is 29.8 Å². The number of hydrogen-bond donors (Lipinski definition) is 1. The van der Waals surface area contributed by atoms with E-state index in [4.69, 9.17) is 4.74 Å². The molecule has 0 aromatic heterocycles. The first-order valence-corrected chi connectivity index (χ1v) is 8.87. The van der Waals surface area contributed by atoms with Crippen molar-refractivity contribution in [1.82, 2.24) is 5.32 Å². The van der Waals surface area contributed by atoms with Crippen molar-refractivity contribution >= 4 is 11.8 Å². The Labute approximate surface area is 128 Å². The third kappa shape index (κ3) is 7.20. The number of methoxy groups -OCH3 is 1. The zero-order valence-corrected chi connectivity index (χ0v) is 14.1. The molecule has 3 heteroatoms. The van der Waals surface area contributed by atoms with E-state index in [2.05, 4.69) is 43.6 Å². The number of hydrogen-bond acceptors (Lipinski definition) is 3. The lowest BCUT2D eigenvalue weighted by Gasteiger charge is -2.18. The summed E-state index contributed by atoms with van der Waals surface area (Å²) in [6.45, 7) is 6.72. The molecule has 0 radical (unpaired) electrons. The van der Waals surface area contributed by atoms with Crippen LogP contribution in [0.3, 0.4) is 0 Å². The maximum atomic E-state index is 5.31. The van der Waals surface area contributed by atoms with Crippen LogP contribution < -0.4 is 10.1 Å². The fourth-order valence-corrected chi connectivity index (χ4v) is 2.84. The first-order valence-electron chi connectivity index (χ1n) is 7.48. The molecule has 1 unspecified atom stereocenters. The average molecular weight is 295 g/mol. The van der Waals surface area contributed by atoms with Crippen molar-refractivity contribution in [2.45, 2.75) is 26.7 Å². The maximum Gasteiger partial charge on any atom is 0.119 e. The minimum atomic E-state index is 0.702. The molecule has 0 aliphatic rings. The molecule has 20 heavy (non-hydrogen) atoms. The van der Waals surface area contributed by atoms with Gasteiger partial charge in [0.25, 0.3) is 0 Å². The molecule has 0 bridgehead atoms. The third-order valence-electron chi connectivity index (χ3n) is 3.37. The molecular formula is C17H29NOS. The lowest BCUT2D eigenvalue weighted by Crippen LogP contribution is -2.28. The molecule has 1 aromatic rings. The molecule has 0 saturated carbocycles. The normalized spacial score (nSPS) is 12.7. The highest BCUT2D eigenvalue weighted by molar-refractivity contribution is 7.98. The summed E-state index contributed by atoms with van der Waals surface area (Å²) in [5.74, 6) is 3.61. The van der Waals surface area contributed by atoms with Crippen molar-refractivity contribution in [2.24, 2.45) is 11.8 Å². The molecule has 1 atom stereocenters. The fraction of sp³-hybridized carbons (Fsp3) is 0.647. The van der Waals surface area contributed by atoms with Gasteiger partial charge in [0.15, 0.2) is 0 Å². The molecule has 0 saturated heterocycles. The highest BCUT2D eigenvalue weighted by atomic mass is 32.2. The van der Waals surface area contributed by atoms with Gasteiger partial charge in [-0.05, 0) is 67.5 Å². The van der Waals surface area contributed by atoms with Crippen LogP contribution in [0.1, 0.15) is 25.8 Å². The first kappa shape index (κ1) is 17.4. The summed E-state index contributed by atoms with van der Waals surface area (Å²) in [7, 11) is 1.73. The molecular weight excluding hydrogens is 266 g/mol. The summed E-state index contributed by atoms with van der Waals surface area (Å²) in [5, 5.41) is 3.60. The van der Waals surface area contributed by atoms with E-state index >= 15 is 0 Å². The van der Waals surface area contributed by atoms with Crippen LogP contribution in [0, 0.1) is 11.8 Å². The van der Waals surface area contributed by atoms with Crippen LogP contribution in [0.2, 0.25) is 0 Å². The van der Waals surface area contributed by atoms with Gasteiger partial charge >= 0.3 is 0 Å². The Morgan fingerprint density at radius 2 is 2.05 bits per heavy atom. The van der Waals surface area contributed by atoms with Gasteiger partial charge < -0.3 is 10.1 Å². The van der Waals surface area contributed by atoms with Crippen LogP contribution in [0.15, 0.2) is 24.3 Å². The van der Waals surface area contributed by atoms with Gasteiger partial charge in [-0.3, -0.25) is 0 Å². The van der Waals surface area contributed by atoms with Crippen molar-refractivity contribution in [1.29, 1.82) is 0 Å². The molecule has 1 N–H and O–H groups in total. The van der Waals surface area contributed by atoms with Gasteiger partial charge in [0, 0.05) is 0 Å². The summed E-state index contributed by atoms with van der Waals surface area (Å²) < 4.78 is 5.31. The van der Waals surface area contributed by atoms with E-state index in [-0.39, 0.29) is 0 Å². The zero-order valence-electron chi connectivity index (χ0n) is 13.3. The second-order valence-corrected chi connectivity index (χ2v) is 6.74. The number of rotatable bonds is 10. The molecule has 1 rings (SSSR count). The molecule has 1 aromatic carbocycles. The summed E-state index contributed by atoms with van der Waals surface area (Å²) >= 11 is 1.94. The van der Waals surface area contributed by atoms with E-state index in [1.54, 1.807) is 7.11 Å². The minimum absolute atomic E-state index is 0.702. The Kier molecular flexibility index (Phi) is 8.79. The van der Waals surface area contributed by atoms with E-state index in [9.17, 15) is 0 Å². The van der Waals surface area contributed by atoms with Crippen LogP contribution in [0.25, 0.3) is 0 Å². The van der Waals surface area contributed by atoms with Gasteiger partial charge in [-0.25, -0.2) is 0 Å². The molecule has 0 amide bonds. The molecule has 0 aliphatic heterocycles.